The van der Waals surface area contributed by atoms with Gasteiger partial charge in [0.25, 0.3) is 12.3 Å². The molecule has 14 heavy (non-hydrogen) atoms. The van der Waals surface area contributed by atoms with Gasteiger partial charge < -0.3 is 5.73 Å². The molecule has 0 aliphatic carbocycles. The van der Waals surface area contributed by atoms with E-state index in [0.717, 1.165) is 0 Å². The maximum Gasteiger partial charge on any atom is 0.267 e. The number of aromatic nitrogens is 1. The Kier molecular flexibility index (Phi) is 3.29. The van der Waals surface area contributed by atoms with Gasteiger partial charge in [-0.1, -0.05) is 0 Å². The third-order valence-corrected chi connectivity index (χ3v) is 2.15. The highest BCUT2D eigenvalue weighted by Gasteiger charge is 2.19. The molecule has 0 aliphatic rings. The lowest BCUT2D eigenvalue weighted by Gasteiger charge is -2.04. The molecule has 0 radical (unpaired) electrons. The van der Waals surface area contributed by atoms with Crippen LogP contribution in [0.4, 0.5) is 13.2 Å². The molecule has 1 rings (SSSR count). The van der Waals surface area contributed by atoms with Crippen molar-refractivity contribution in [2.45, 2.75) is 6.43 Å². The molecule has 0 aromatic carbocycles. The number of hydrogen-bond acceptors (Lipinski definition) is 2. The molecule has 0 saturated carbocycles. The zero-order chi connectivity index (χ0) is 10.9. The van der Waals surface area contributed by atoms with E-state index < -0.39 is 23.7 Å². The average molecular weight is 316 g/mol. The summed E-state index contributed by atoms with van der Waals surface area (Å²) in [5.74, 6) is -2.09. The van der Waals surface area contributed by atoms with Gasteiger partial charge in [-0.05, 0) is 28.7 Å². The van der Waals surface area contributed by atoms with Gasteiger partial charge in [0.2, 0.25) is 0 Å². The summed E-state index contributed by atoms with van der Waals surface area (Å²) in [6.45, 7) is 0. The molecule has 0 spiro atoms. The lowest BCUT2D eigenvalue weighted by Crippen LogP contribution is -2.15. The molecule has 0 saturated heterocycles. The van der Waals surface area contributed by atoms with E-state index >= 15 is 0 Å². The van der Waals surface area contributed by atoms with E-state index in [4.69, 9.17) is 5.73 Å². The van der Waals surface area contributed by atoms with Crippen molar-refractivity contribution in [2.75, 3.05) is 0 Å². The van der Waals surface area contributed by atoms with Crippen LogP contribution in [-0.4, -0.2) is 10.9 Å². The van der Waals surface area contributed by atoms with E-state index in [1.54, 1.807) is 0 Å². The number of carbonyl (C=O) groups excluding carboxylic acids is 1. The van der Waals surface area contributed by atoms with Crippen LogP contribution in [0.15, 0.2) is 6.07 Å². The van der Waals surface area contributed by atoms with Crippen LogP contribution in [0.5, 0.6) is 0 Å². The Balaban J connectivity index is 3.35. The van der Waals surface area contributed by atoms with Crippen LogP contribution in [-0.2, 0) is 0 Å². The normalized spacial score (nSPS) is 10.6. The van der Waals surface area contributed by atoms with Crippen molar-refractivity contribution in [3.63, 3.8) is 0 Å². The number of halogens is 4. The van der Waals surface area contributed by atoms with Gasteiger partial charge in [0, 0.05) is 0 Å². The first-order valence-corrected chi connectivity index (χ1v) is 4.45. The van der Waals surface area contributed by atoms with Crippen molar-refractivity contribution in [3.05, 3.63) is 26.8 Å². The first-order valence-electron chi connectivity index (χ1n) is 3.37. The van der Waals surface area contributed by atoms with Crippen LogP contribution in [0.25, 0.3) is 0 Å². The Hall–Kier alpha value is -0.860. The number of primary amides is 1. The Morgan fingerprint density at radius 3 is 2.57 bits per heavy atom. The van der Waals surface area contributed by atoms with Gasteiger partial charge in [0.05, 0.1) is 5.56 Å². The standard InChI is InChI=1S/C7H4F3IN2O/c8-4-2(5(9)10)1-3(7(12)14)13-6(4)11/h1,5H,(H2,12,14). The van der Waals surface area contributed by atoms with Gasteiger partial charge in [-0.15, -0.1) is 0 Å². The summed E-state index contributed by atoms with van der Waals surface area (Å²) in [4.78, 5) is 14.0. The highest BCUT2D eigenvalue weighted by atomic mass is 127. The van der Waals surface area contributed by atoms with E-state index in [-0.39, 0.29) is 9.39 Å². The third kappa shape index (κ3) is 2.14. The average Bonchev–Trinajstić information content (AvgIpc) is 2.08. The molecule has 1 amide bonds. The topological polar surface area (TPSA) is 56.0 Å². The Morgan fingerprint density at radius 1 is 1.57 bits per heavy atom. The highest BCUT2D eigenvalue weighted by molar-refractivity contribution is 14.1. The fourth-order valence-electron chi connectivity index (χ4n) is 0.802. The van der Waals surface area contributed by atoms with Gasteiger partial charge >= 0.3 is 0 Å². The zero-order valence-corrected chi connectivity index (χ0v) is 8.76. The second kappa shape index (κ2) is 4.11. The monoisotopic (exact) mass is 316 g/mol. The van der Waals surface area contributed by atoms with Crippen molar-refractivity contribution >= 4 is 28.5 Å². The van der Waals surface area contributed by atoms with Crippen LogP contribution in [0.2, 0.25) is 0 Å². The summed E-state index contributed by atoms with van der Waals surface area (Å²) >= 11 is 1.42. The quantitative estimate of drug-likeness (QED) is 0.669. The van der Waals surface area contributed by atoms with Crippen LogP contribution in [0, 0.1) is 9.52 Å². The fraction of sp³-hybridized carbons (Fsp3) is 0.143. The Morgan fingerprint density at radius 2 is 2.14 bits per heavy atom. The Bertz CT molecular complexity index is 383. The lowest BCUT2D eigenvalue weighted by atomic mass is 10.2. The molecule has 0 bridgehead atoms. The predicted octanol–water partition coefficient (Wildman–Crippen LogP) is 1.86. The minimum Gasteiger partial charge on any atom is -0.364 e. The summed E-state index contributed by atoms with van der Waals surface area (Å²) in [7, 11) is 0. The second-order valence-electron chi connectivity index (χ2n) is 2.37. The number of amides is 1. The number of pyridine rings is 1. The van der Waals surface area contributed by atoms with E-state index in [1.165, 1.54) is 22.6 Å². The second-order valence-corrected chi connectivity index (χ2v) is 3.39. The molecule has 7 heteroatoms. The fourth-order valence-corrected chi connectivity index (χ4v) is 1.37. The molecule has 76 valence electrons. The van der Waals surface area contributed by atoms with Crippen molar-refractivity contribution in [2.24, 2.45) is 5.73 Å². The number of nitrogens with two attached hydrogens (primary N) is 1. The van der Waals surface area contributed by atoms with E-state index in [1.807, 2.05) is 0 Å². The molecule has 2 N–H and O–H groups in total. The smallest absolute Gasteiger partial charge is 0.267 e. The van der Waals surface area contributed by atoms with Crippen molar-refractivity contribution in [3.8, 4) is 0 Å². The maximum atomic E-state index is 13.0. The third-order valence-electron chi connectivity index (χ3n) is 1.43. The molecule has 0 unspecified atom stereocenters. The molecule has 0 atom stereocenters. The van der Waals surface area contributed by atoms with E-state index in [2.05, 4.69) is 4.98 Å². The lowest BCUT2D eigenvalue weighted by molar-refractivity contribution is 0.0994. The van der Waals surface area contributed by atoms with Gasteiger partial charge in [0.1, 0.15) is 9.39 Å². The van der Waals surface area contributed by atoms with E-state index in [9.17, 15) is 18.0 Å². The first kappa shape index (κ1) is 11.2. The molecular weight excluding hydrogens is 312 g/mol. The maximum absolute atomic E-state index is 13.0. The number of hydrogen-bond donors (Lipinski definition) is 1. The van der Waals surface area contributed by atoms with Gasteiger partial charge in [-0.25, -0.2) is 18.2 Å². The summed E-state index contributed by atoms with van der Waals surface area (Å²) in [5.41, 5.74) is 3.60. The minimum atomic E-state index is -3.00. The Labute approximate surface area is 90.6 Å². The molecule has 1 aromatic rings. The summed E-state index contributed by atoms with van der Waals surface area (Å²) in [6.07, 6.45) is -3.00. The minimum absolute atomic E-state index is 0.297. The summed E-state index contributed by atoms with van der Waals surface area (Å²) in [5, 5.41) is 0. The van der Waals surface area contributed by atoms with Crippen molar-refractivity contribution in [1.82, 2.24) is 4.98 Å². The van der Waals surface area contributed by atoms with Gasteiger partial charge in [0.15, 0.2) is 5.82 Å². The summed E-state index contributed by atoms with van der Waals surface area (Å²) in [6, 6.07) is 0.657. The number of nitrogens with zero attached hydrogens (tertiary/aromatic N) is 1. The van der Waals surface area contributed by atoms with Crippen LogP contribution in [0.3, 0.4) is 0 Å². The zero-order valence-electron chi connectivity index (χ0n) is 6.60. The van der Waals surface area contributed by atoms with Crippen LogP contribution < -0.4 is 5.73 Å². The molecule has 1 heterocycles. The van der Waals surface area contributed by atoms with Gasteiger partial charge in [-0.2, -0.15) is 0 Å². The van der Waals surface area contributed by atoms with Gasteiger partial charge in [-0.3, -0.25) is 4.79 Å². The molecule has 3 nitrogen and oxygen atoms in total. The van der Waals surface area contributed by atoms with Crippen molar-refractivity contribution in [1.29, 1.82) is 0 Å². The largest absolute Gasteiger partial charge is 0.364 e. The number of carbonyl (C=O) groups is 1. The van der Waals surface area contributed by atoms with E-state index in [0.29, 0.717) is 6.07 Å². The summed E-state index contributed by atoms with van der Waals surface area (Å²) < 4.78 is 37.2. The number of rotatable bonds is 2. The molecule has 0 fully saturated rings. The molecular formula is C7H4F3IN2O. The highest BCUT2D eigenvalue weighted by Crippen LogP contribution is 2.24. The SMILES string of the molecule is NC(=O)c1cc(C(F)F)c(F)c(I)n1. The molecule has 1 aromatic heterocycles. The van der Waals surface area contributed by atoms with Crippen LogP contribution >= 0.6 is 22.6 Å². The van der Waals surface area contributed by atoms with Crippen molar-refractivity contribution < 1.29 is 18.0 Å². The van der Waals surface area contributed by atoms with Crippen LogP contribution in [0.1, 0.15) is 22.5 Å². The first-order chi connectivity index (χ1) is 6.43. The predicted molar refractivity (Wildman–Crippen MR) is 50.4 cm³/mol. The molecule has 0 aliphatic heterocycles. The number of alkyl halides is 2.